The number of rotatable bonds is 4. The first-order valence-corrected chi connectivity index (χ1v) is 7.00. The maximum absolute atomic E-state index is 11.8. The van der Waals surface area contributed by atoms with Crippen LogP contribution in [0.3, 0.4) is 0 Å². The summed E-state index contributed by atoms with van der Waals surface area (Å²) in [6, 6.07) is 7.36. The van der Waals surface area contributed by atoms with Crippen molar-refractivity contribution in [3.05, 3.63) is 35.9 Å². The van der Waals surface area contributed by atoms with Gasteiger partial charge in [0.15, 0.2) is 0 Å². The Morgan fingerprint density at radius 2 is 2.00 bits per heavy atom. The largest absolute Gasteiger partial charge is 0.497 e. The van der Waals surface area contributed by atoms with Crippen LogP contribution in [0.1, 0.15) is 31.2 Å². The highest BCUT2D eigenvalue weighted by Gasteiger charge is 2.23. The van der Waals surface area contributed by atoms with E-state index in [1.165, 1.54) is 6.08 Å². The lowest BCUT2D eigenvalue weighted by Crippen LogP contribution is -2.44. The third kappa shape index (κ3) is 4.10. The first-order chi connectivity index (χ1) is 9.69. The smallest absolute Gasteiger partial charge is 0.244 e. The molecule has 0 aliphatic heterocycles. The molecule has 4 heteroatoms. The lowest BCUT2D eigenvalue weighted by atomic mass is 9.92. The summed E-state index contributed by atoms with van der Waals surface area (Å²) in [5.74, 6) is 0.628. The summed E-state index contributed by atoms with van der Waals surface area (Å²) in [5, 5.41) is 12.7. The molecule has 1 saturated carbocycles. The Morgan fingerprint density at radius 3 is 2.65 bits per heavy atom. The van der Waals surface area contributed by atoms with E-state index < -0.39 is 6.10 Å². The molecule has 0 bridgehead atoms. The fourth-order valence-electron chi connectivity index (χ4n) is 2.40. The molecule has 0 unspecified atom stereocenters. The Labute approximate surface area is 119 Å². The average Bonchev–Trinajstić information content (AvgIpc) is 2.48. The molecule has 1 aromatic rings. The van der Waals surface area contributed by atoms with Gasteiger partial charge >= 0.3 is 0 Å². The number of aliphatic hydroxyl groups is 1. The van der Waals surface area contributed by atoms with Gasteiger partial charge in [-0.25, -0.2) is 0 Å². The van der Waals surface area contributed by atoms with E-state index in [9.17, 15) is 9.90 Å². The van der Waals surface area contributed by atoms with Gasteiger partial charge < -0.3 is 15.2 Å². The highest BCUT2D eigenvalue weighted by atomic mass is 16.5. The fraction of sp³-hybridized carbons (Fsp3) is 0.438. The molecule has 1 fully saturated rings. The molecule has 0 heterocycles. The highest BCUT2D eigenvalue weighted by Crippen LogP contribution is 2.18. The second kappa shape index (κ2) is 7.10. The minimum atomic E-state index is -0.415. The van der Waals surface area contributed by atoms with Crippen LogP contribution in [0.5, 0.6) is 5.75 Å². The minimum Gasteiger partial charge on any atom is -0.497 e. The second-order valence-corrected chi connectivity index (χ2v) is 5.07. The van der Waals surface area contributed by atoms with E-state index in [2.05, 4.69) is 5.32 Å². The van der Waals surface area contributed by atoms with Gasteiger partial charge in [0, 0.05) is 6.08 Å². The predicted molar refractivity (Wildman–Crippen MR) is 78.4 cm³/mol. The molecule has 0 aromatic heterocycles. The lowest BCUT2D eigenvalue weighted by molar-refractivity contribution is -0.118. The van der Waals surface area contributed by atoms with E-state index in [-0.39, 0.29) is 11.9 Å². The number of aliphatic hydroxyl groups excluding tert-OH is 1. The molecule has 20 heavy (non-hydrogen) atoms. The SMILES string of the molecule is COc1ccc(/C=C/C(=O)N[C@@H]2CCCC[C@H]2O)cc1. The van der Waals surface area contributed by atoms with Gasteiger partial charge in [-0.1, -0.05) is 25.0 Å². The number of hydrogen-bond acceptors (Lipinski definition) is 3. The minimum absolute atomic E-state index is 0.114. The first-order valence-electron chi connectivity index (χ1n) is 7.00. The standard InChI is InChI=1S/C16H21NO3/c1-20-13-9-6-12(7-10-13)8-11-16(19)17-14-4-2-3-5-15(14)18/h6-11,14-15,18H,2-5H2,1H3,(H,17,19)/b11-8+/t14-,15-/m1/s1. The zero-order valence-electron chi connectivity index (χ0n) is 11.7. The van der Waals surface area contributed by atoms with Crippen molar-refractivity contribution in [2.75, 3.05) is 7.11 Å². The zero-order chi connectivity index (χ0) is 14.4. The van der Waals surface area contributed by atoms with E-state index in [1.54, 1.807) is 13.2 Å². The van der Waals surface area contributed by atoms with Crippen molar-refractivity contribution < 1.29 is 14.6 Å². The van der Waals surface area contributed by atoms with E-state index in [1.807, 2.05) is 24.3 Å². The summed E-state index contributed by atoms with van der Waals surface area (Å²) in [6.45, 7) is 0. The third-order valence-corrected chi connectivity index (χ3v) is 3.60. The number of methoxy groups -OCH3 is 1. The van der Waals surface area contributed by atoms with Crippen LogP contribution in [-0.4, -0.2) is 30.3 Å². The molecule has 1 aliphatic rings. The van der Waals surface area contributed by atoms with Gasteiger partial charge in [-0.05, 0) is 36.6 Å². The third-order valence-electron chi connectivity index (χ3n) is 3.60. The number of benzene rings is 1. The van der Waals surface area contributed by atoms with Crippen molar-refractivity contribution in [2.24, 2.45) is 0 Å². The van der Waals surface area contributed by atoms with E-state index in [4.69, 9.17) is 4.74 Å². The zero-order valence-corrected chi connectivity index (χ0v) is 11.7. The Morgan fingerprint density at radius 1 is 1.30 bits per heavy atom. The van der Waals surface area contributed by atoms with Gasteiger partial charge in [0.2, 0.25) is 5.91 Å². The van der Waals surface area contributed by atoms with Crippen LogP contribution in [0.25, 0.3) is 6.08 Å². The van der Waals surface area contributed by atoms with Crippen molar-refractivity contribution in [3.8, 4) is 5.75 Å². The molecule has 108 valence electrons. The number of nitrogens with one attached hydrogen (secondary N) is 1. The van der Waals surface area contributed by atoms with Crippen molar-refractivity contribution in [3.63, 3.8) is 0 Å². The van der Waals surface area contributed by atoms with Crippen molar-refractivity contribution in [1.82, 2.24) is 5.32 Å². The maximum Gasteiger partial charge on any atom is 0.244 e. The summed E-state index contributed by atoms with van der Waals surface area (Å²) < 4.78 is 5.08. The summed E-state index contributed by atoms with van der Waals surface area (Å²) in [4.78, 5) is 11.8. The molecule has 0 radical (unpaired) electrons. The van der Waals surface area contributed by atoms with Gasteiger partial charge in [-0.3, -0.25) is 4.79 Å². The molecule has 0 spiro atoms. The molecular formula is C16H21NO3. The maximum atomic E-state index is 11.8. The van der Waals surface area contributed by atoms with E-state index in [0.29, 0.717) is 0 Å². The van der Waals surface area contributed by atoms with Crippen LogP contribution < -0.4 is 10.1 Å². The van der Waals surface area contributed by atoms with Crippen LogP contribution in [0.15, 0.2) is 30.3 Å². The van der Waals surface area contributed by atoms with Crippen molar-refractivity contribution in [2.45, 2.75) is 37.8 Å². The topological polar surface area (TPSA) is 58.6 Å². The van der Waals surface area contributed by atoms with Crippen LogP contribution in [0, 0.1) is 0 Å². The molecule has 1 aromatic carbocycles. The van der Waals surface area contributed by atoms with Crippen LogP contribution in [-0.2, 0) is 4.79 Å². The molecular weight excluding hydrogens is 254 g/mol. The molecule has 1 aliphatic carbocycles. The normalized spacial score (nSPS) is 22.7. The van der Waals surface area contributed by atoms with Crippen LogP contribution >= 0.6 is 0 Å². The predicted octanol–water partition coefficient (Wildman–Crippen LogP) is 2.13. The summed E-state index contributed by atoms with van der Waals surface area (Å²) in [5.41, 5.74) is 0.935. The van der Waals surface area contributed by atoms with E-state index >= 15 is 0 Å². The van der Waals surface area contributed by atoms with Crippen molar-refractivity contribution in [1.29, 1.82) is 0 Å². The van der Waals surface area contributed by atoms with Gasteiger partial charge in [0.05, 0.1) is 19.3 Å². The second-order valence-electron chi connectivity index (χ2n) is 5.07. The molecule has 2 atom stereocenters. The van der Waals surface area contributed by atoms with Gasteiger partial charge in [0.25, 0.3) is 0 Å². The van der Waals surface area contributed by atoms with Crippen LogP contribution in [0.2, 0.25) is 0 Å². The molecule has 2 rings (SSSR count). The summed E-state index contributed by atoms with van der Waals surface area (Å²) in [6.07, 6.45) is 6.56. The highest BCUT2D eigenvalue weighted by molar-refractivity contribution is 5.91. The number of ether oxygens (including phenoxy) is 1. The quantitative estimate of drug-likeness (QED) is 0.828. The first kappa shape index (κ1) is 14.6. The number of hydrogen-bond donors (Lipinski definition) is 2. The molecule has 1 amide bonds. The number of carbonyl (C=O) groups is 1. The number of carbonyl (C=O) groups excluding carboxylic acids is 1. The average molecular weight is 275 g/mol. The molecule has 0 saturated heterocycles. The van der Waals surface area contributed by atoms with E-state index in [0.717, 1.165) is 37.0 Å². The molecule has 4 nitrogen and oxygen atoms in total. The lowest BCUT2D eigenvalue weighted by Gasteiger charge is -2.27. The molecule has 2 N–H and O–H groups in total. The summed E-state index contributed by atoms with van der Waals surface area (Å²) >= 11 is 0. The van der Waals surface area contributed by atoms with Crippen molar-refractivity contribution >= 4 is 12.0 Å². The Hall–Kier alpha value is -1.81. The Bertz CT molecular complexity index is 467. The van der Waals surface area contributed by atoms with Gasteiger partial charge in [0.1, 0.15) is 5.75 Å². The monoisotopic (exact) mass is 275 g/mol. The van der Waals surface area contributed by atoms with Gasteiger partial charge in [-0.2, -0.15) is 0 Å². The Kier molecular flexibility index (Phi) is 5.18. The number of amides is 1. The van der Waals surface area contributed by atoms with Gasteiger partial charge in [-0.15, -0.1) is 0 Å². The van der Waals surface area contributed by atoms with Crippen LogP contribution in [0.4, 0.5) is 0 Å². The summed E-state index contributed by atoms with van der Waals surface area (Å²) in [7, 11) is 1.62. The Balaban J connectivity index is 1.87. The fourth-order valence-corrected chi connectivity index (χ4v) is 2.40.